The molecule has 2 aromatic rings. The molecule has 0 fully saturated rings. The zero-order valence-electron chi connectivity index (χ0n) is 13.1. The molecule has 10 heteroatoms. The minimum atomic E-state index is -5.02. The van der Waals surface area contributed by atoms with E-state index in [2.05, 4.69) is 0 Å². The number of alkyl halides is 3. The van der Waals surface area contributed by atoms with Crippen molar-refractivity contribution in [1.82, 2.24) is 5.32 Å². The van der Waals surface area contributed by atoms with E-state index in [-0.39, 0.29) is 15.5 Å². The van der Waals surface area contributed by atoms with Crippen LogP contribution in [0.5, 0.6) is 0 Å². The molecule has 0 spiro atoms. The van der Waals surface area contributed by atoms with Crippen LogP contribution in [0.4, 0.5) is 17.6 Å². The van der Waals surface area contributed by atoms with Gasteiger partial charge >= 0.3 is 12.1 Å². The van der Waals surface area contributed by atoms with E-state index in [4.69, 9.17) is 11.6 Å². The quantitative estimate of drug-likeness (QED) is 0.775. The van der Waals surface area contributed by atoms with Gasteiger partial charge in [0.05, 0.1) is 10.9 Å². The first-order valence-corrected chi connectivity index (χ1v) is 8.97. The molecule has 0 heterocycles. The van der Waals surface area contributed by atoms with Gasteiger partial charge in [0.15, 0.2) is 0 Å². The van der Waals surface area contributed by atoms with Crippen molar-refractivity contribution in [2.45, 2.75) is 28.9 Å². The van der Waals surface area contributed by atoms with E-state index < -0.39 is 38.7 Å². The van der Waals surface area contributed by atoms with Gasteiger partial charge in [0, 0.05) is 5.02 Å². The number of sulfone groups is 1. The monoisotopic (exact) mass is 409 g/mol. The highest BCUT2D eigenvalue weighted by Crippen LogP contribution is 2.27. The molecule has 0 aromatic heterocycles. The highest BCUT2D eigenvalue weighted by Gasteiger charge is 2.39. The molecule has 0 radical (unpaired) electrons. The minimum Gasteiger partial charge on any atom is -0.342 e. The van der Waals surface area contributed by atoms with Crippen LogP contribution in [-0.2, 0) is 14.6 Å². The second kappa shape index (κ2) is 7.24. The molecule has 4 nitrogen and oxygen atoms in total. The predicted molar refractivity (Wildman–Crippen MR) is 85.9 cm³/mol. The third-order valence-corrected chi connectivity index (χ3v) is 5.52. The maximum atomic E-state index is 13.9. The molecular formula is C16H12ClF4NO3S. The number of carbonyl (C=O) groups is 1. The van der Waals surface area contributed by atoms with Crippen molar-refractivity contribution in [3.8, 4) is 0 Å². The van der Waals surface area contributed by atoms with Crippen LogP contribution in [0.1, 0.15) is 18.5 Å². The molecule has 1 atom stereocenters. The molecular weight excluding hydrogens is 398 g/mol. The molecule has 0 saturated heterocycles. The summed E-state index contributed by atoms with van der Waals surface area (Å²) in [6, 6.07) is 6.81. The molecule has 2 aromatic carbocycles. The van der Waals surface area contributed by atoms with Gasteiger partial charge < -0.3 is 5.32 Å². The number of hydrogen-bond donors (Lipinski definition) is 1. The van der Waals surface area contributed by atoms with Gasteiger partial charge in [-0.1, -0.05) is 23.7 Å². The second-order valence-corrected chi connectivity index (χ2v) is 7.69. The average Bonchev–Trinajstić information content (AvgIpc) is 2.53. The Balaban J connectivity index is 2.27. The number of carbonyl (C=O) groups excluding carboxylic acids is 1. The maximum Gasteiger partial charge on any atom is 0.471 e. The molecule has 2 rings (SSSR count). The Labute approximate surface area is 151 Å². The summed E-state index contributed by atoms with van der Waals surface area (Å²) < 4.78 is 75.6. The fraction of sp³-hybridized carbons (Fsp3) is 0.188. The highest BCUT2D eigenvalue weighted by atomic mass is 35.5. The fourth-order valence-corrected chi connectivity index (χ4v) is 3.59. The number of hydrogen-bond acceptors (Lipinski definition) is 3. The number of amides is 1. The van der Waals surface area contributed by atoms with Gasteiger partial charge in [-0.3, -0.25) is 4.79 Å². The maximum absolute atomic E-state index is 13.9. The summed E-state index contributed by atoms with van der Waals surface area (Å²) in [7, 11) is -4.18. The number of benzene rings is 2. The molecule has 0 aliphatic heterocycles. The van der Waals surface area contributed by atoms with Crippen LogP contribution < -0.4 is 5.32 Å². The summed E-state index contributed by atoms with van der Waals surface area (Å²) in [4.78, 5) is 10.1. The van der Waals surface area contributed by atoms with Gasteiger partial charge in [0.1, 0.15) is 10.7 Å². The highest BCUT2D eigenvalue weighted by molar-refractivity contribution is 7.91. The Kier molecular flexibility index (Phi) is 5.62. The lowest BCUT2D eigenvalue weighted by molar-refractivity contribution is -0.174. The van der Waals surface area contributed by atoms with Crippen LogP contribution in [-0.4, -0.2) is 20.5 Å². The normalized spacial score (nSPS) is 13.3. The van der Waals surface area contributed by atoms with Gasteiger partial charge in [-0.2, -0.15) is 13.2 Å². The Hall–Kier alpha value is -2.13. The smallest absolute Gasteiger partial charge is 0.342 e. The summed E-state index contributed by atoms with van der Waals surface area (Å²) >= 11 is 5.59. The third-order valence-electron chi connectivity index (χ3n) is 3.48. The Morgan fingerprint density at radius 3 is 2.19 bits per heavy atom. The SMILES string of the molecule is CC(NC(=O)C(F)(F)F)c1ccc(S(=O)(=O)c2ccc(Cl)cc2F)cc1. The van der Waals surface area contributed by atoms with Crippen LogP contribution in [0.2, 0.25) is 5.02 Å². The summed E-state index contributed by atoms with van der Waals surface area (Å²) in [5.74, 6) is -3.13. The molecule has 1 amide bonds. The second-order valence-electron chi connectivity index (χ2n) is 5.34. The van der Waals surface area contributed by atoms with Crippen molar-refractivity contribution in [2.75, 3.05) is 0 Å². The molecule has 0 aliphatic rings. The van der Waals surface area contributed by atoms with Crippen LogP contribution >= 0.6 is 11.6 Å². The lowest BCUT2D eigenvalue weighted by atomic mass is 10.1. The number of halogens is 5. The van der Waals surface area contributed by atoms with E-state index in [9.17, 15) is 30.8 Å². The first-order valence-electron chi connectivity index (χ1n) is 7.10. The van der Waals surface area contributed by atoms with E-state index >= 15 is 0 Å². The summed E-state index contributed by atoms with van der Waals surface area (Å²) in [6.07, 6.45) is -5.02. The minimum absolute atomic E-state index is 0.0334. The average molecular weight is 410 g/mol. The standard InChI is InChI=1S/C16H12ClF4NO3S/c1-9(22-15(23)16(19,20)21)10-2-5-12(6-3-10)26(24,25)14-7-4-11(17)8-13(14)18/h2-9H,1H3,(H,22,23). The van der Waals surface area contributed by atoms with E-state index in [1.807, 2.05) is 0 Å². The van der Waals surface area contributed by atoms with E-state index in [0.717, 1.165) is 24.3 Å². The van der Waals surface area contributed by atoms with Crippen molar-refractivity contribution in [2.24, 2.45) is 0 Å². The third kappa shape index (κ3) is 4.34. The molecule has 0 bridgehead atoms. The molecule has 26 heavy (non-hydrogen) atoms. The zero-order chi connectivity index (χ0) is 19.7. The van der Waals surface area contributed by atoms with E-state index in [1.54, 1.807) is 5.32 Å². The Bertz CT molecular complexity index is 928. The van der Waals surface area contributed by atoms with Crippen LogP contribution in [0.25, 0.3) is 0 Å². The Morgan fingerprint density at radius 1 is 1.12 bits per heavy atom. The first-order chi connectivity index (χ1) is 11.9. The van der Waals surface area contributed by atoms with Crippen molar-refractivity contribution < 1.29 is 30.8 Å². The van der Waals surface area contributed by atoms with Crippen molar-refractivity contribution in [3.63, 3.8) is 0 Å². The van der Waals surface area contributed by atoms with E-state index in [0.29, 0.717) is 0 Å². The Morgan fingerprint density at radius 2 is 1.69 bits per heavy atom. The van der Waals surface area contributed by atoms with Gasteiger partial charge in [-0.15, -0.1) is 0 Å². The van der Waals surface area contributed by atoms with Crippen molar-refractivity contribution in [3.05, 3.63) is 58.9 Å². The number of rotatable bonds is 4. The molecule has 140 valence electrons. The van der Waals surface area contributed by atoms with Gasteiger partial charge in [0.2, 0.25) is 9.84 Å². The molecule has 0 aliphatic carbocycles. The predicted octanol–water partition coefficient (Wildman–Crippen LogP) is 4.05. The van der Waals surface area contributed by atoms with Crippen molar-refractivity contribution >= 4 is 27.3 Å². The zero-order valence-corrected chi connectivity index (χ0v) is 14.7. The summed E-state index contributed by atoms with van der Waals surface area (Å²) in [5, 5.41) is 1.79. The summed E-state index contributed by atoms with van der Waals surface area (Å²) in [5.41, 5.74) is 0.248. The molecule has 0 saturated carbocycles. The fourth-order valence-electron chi connectivity index (χ4n) is 2.12. The largest absolute Gasteiger partial charge is 0.471 e. The van der Waals surface area contributed by atoms with Gasteiger partial charge in [-0.05, 0) is 42.8 Å². The van der Waals surface area contributed by atoms with Crippen LogP contribution in [0.3, 0.4) is 0 Å². The molecule has 1 N–H and O–H groups in total. The van der Waals surface area contributed by atoms with Crippen LogP contribution in [0.15, 0.2) is 52.3 Å². The van der Waals surface area contributed by atoms with Gasteiger partial charge in [0.25, 0.3) is 0 Å². The topological polar surface area (TPSA) is 63.2 Å². The molecule has 1 unspecified atom stereocenters. The number of nitrogens with one attached hydrogen (secondary N) is 1. The van der Waals surface area contributed by atoms with Crippen LogP contribution in [0, 0.1) is 5.82 Å². The van der Waals surface area contributed by atoms with Gasteiger partial charge in [-0.25, -0.2) is 12.8 Å². The van der Waals surface area contributed by atoms with E-state index in [1.165, 1.54) is 25.1 Å². The first kappa shape index (κ1) is 20.2. The van der Waals surface area contributed by atoms with Crippen molar-refractivity contribution in [1.29, 1.82) is 0 Å². The lowest BCUT2D eigenvalue weighted by Crippen LogP contribution is -2.38. The lowest BCUT2D eigenvalue weighted by Gasteiger charge is -2.16. The summed E-state index contributed by atoms with van der Waals surface area (Å²) in [6.45, 7) is 1.31.